The molecule has 2 atom stereocenters. The van der Waals surface area contributed by atoms with Crippen LogP contribution in [0.2, 0.25) is 0 Å². The molecular formula is C14H27NO5S. The third kappa shape index (κ3) is 6.76. The highest BCUT2D eigenvalue weighted by Crippen LogP contribution is 2.16. The summed E-state index contributed by atoms with van der Waals surface area (Å²) in [5, 5.41) is 0. The minimum atomic E-state index is -3.59. The summed E-state index contributed by atoms with van der Waals surface area (Å²) in [5.41, 5.74) is -0.649. The van der Waals surface area contributed by atoms with Crippen molar-refractivity contribution in [1.29, 1.82) is 0 Å². The Balaban J connectivity index is 2.70. The Bertz CT molecular complexity index is 446. The predicted molar refractivity (Wildman–Crippen MR) is 80.4 cm³/mol. The van der Waals surface area contributed by atoms with Gasteiger partial charge in [-0.1, -0.05) is 13.8 Å². The summed E-state index contributed by atoms with van der Waals surface area (Å²) in [5.74, 6) is -0.855. The van der Waals surface area contributed by atoms with Gasteiger partial charge in [-0.25, -0.2) is 13.1 Å². The lowest BCUT2D eigenvalue weighted by atomic mass is 10.1. The van der Waals surface area contributed by atoms with Crippen LogP contribution >= 0.6 is 0 Å². The van der Waals surface area contributed by atoms with Crippen LogP contribution in [0, 0.1) is 5.92 Å². The summed E-state index contributed by atoms with van der Waals surface area (Å²) in [4.78, 5) is 12.1. The number of hydrogen-bond acceptors (Lipinski definition) is 5. The number of nitrogens with one attached hydrogen (secondary N) is 1. The lowest BCUT2D eigenvalue weighted by Crippen LogP contribution is -2.48. The number of carbonyl (C=O) groups excluding carboxylic acids is 1. The number of esters is 1. The predicted octanol–water partition coefficient (Wildman–Crippen LogP) is 1.45. The molecule has 6 nitrogen and oxygen atoms in total. The molecule has 7 heteroatoms. The third-order valence-electron chi connectivity index (χ3n) is 3.06. The quantitative estimate of drug-likeness (QED) is 0.749. The average Bonchev–Trinajstić information content (AvgIpc) is 2.75. The van der Waals surface area contributed by atoms with Crippen LogP contribution in [0.4, 0.5) is 0 Å². The molecule has 1 aliphatic rings. The van der Waals surface area contributed by atoms with E-state index in [1.807, 2.05) is 0 Å². The van der Waals surface area contributed by atoms with E-state index >= 15 is 0 Å². The van der Waals surface area contributed by atoms with E-state index in [2.05, 4.69) is 4.72 Å². The molecule has 0 spiro atoms. The Hall–Kier alpha value is -0.660. The van der Waals surface area contributed by atoms with Gasteiger partial charge in [-0.3, -0.25) is 4.79 Å². The maximum absolute atomic E-state index is 12.2. The fourth-order valence-corrected chi connectivity index (χ4v) is 3.69. The van der Waals surface area contributed by atoms with Gasteiger partial charge in [-0.15, -0.1) is 0 Å². The van der Waals surface area contributed by atoms with Crippen molar-refractivity contribution in [2.24, 2.45) is 5.92 Å². The largest absolute Gasteiger partial charge is 0.459 e. The zero-order valence-corrected chi connectivity index (χ0v) is 14.3. The van der Waals surface area contributed by atoms with Crippen molar-refractivity contribution >= 4 is 16.0 Å². The molecule has 1 unspecified atom stereocenters. The van der Waals surface area contributed by atoms with Gasteiger partial charge in [0.25, 0.3) is 0 Å². The zero-order valence-electron chi connectivity index (χ0n) is 13.5. The second kappa shape index (κ2) is 7.07. The molecule has 0 aromatic carbocycles. The van der Waals surface area contributed by atoms with Gasteiger partial charge in [0.15, 0.2) is 0 Å². The van der Waals surface area contributed by atoms with E-state index in [1.54, 1.807) is 34.6 Å². The number of sulfonamides is 1. The number of ether oxygens (including phenoxy) is 2. The van der Waals surface area contributed by atoms with Crippen LogP contribution in [0.3, 0.4) is 0 Å². The van der Waals surface area contributed by atoms with Crippen LogP contribution in [-0.4, -0.2) is 44.5 Å². The monoisotopic (exact) mass is 321 g/mol. The van der Waals surface area contributed by atoms with E-state index in [4.69, 9.17) is 9.47 Å². The summed E-state index contributed by atoms with van der Waals surface area (Å²) in [6, 6.07) is -0.879. The molecule has 0 aliphatic carbocycles. The molecule has 1 fully saturated rings. The number of hydrogen-bond donors (Lipinski definition) is 1. The van der Waals surface area contributed by atoms with Crippen molar-refractivity contribution in [1.82, 2.24) is 4.72 Å². The number of rotatable bonds is 6. The molecule has 1 N–H and O–H groups in total. The molecule has 21 heavy (non-hydrogen) atoms. The van der Waals surface area contributed by atoms with Gasteiger partial charge in [-0.05, 0) is 39.5 Å². The Morgan fingerprint density at radius 3 is 2.43 bits per heavy atom. The van der Waals surface area contributed by atoms with Gasteiger partial charge in [0, 0.05) is 6.61 Å². The Labute approximate surface area is 127 Å². The lowest BCUT2D eigenvalue weighted by Gasteiger charge is -2.26. The van der Waals surface area contributed by atoms with E-state index in [1.165, 1.54) is 0 Å². The highest BCUT2D eigenvalue weighted by molar-refractivity contribution is 7.89. The van der Waals surface area contributed by atoms with Crippen molar-refractivity contribution < 1.29 is 22.7 Å². The van der Waals surface area contributed by atoms with E-state index < -0.39 is 27.6 Å². The summed E-state index contributed by atoms with van der Waals surface area (Å²) < 4.78 is 37.4. The van der Waals surface area contributed by atoms with Crippen LogP contribution in [0.15, 0.2) is 0 Å². The molecule has 1 saturated heterocycles. The summed E-state index contributed by atoms with van der Waals surface area (Å²) >= 11 is 0. The maximum atomic E-state index is 12.2. The molecule has 1 rings (SSSR count). The minimum Gasteiger partial charge on any atom is -0.459 e. The SMILES string of the molecule is CC(C)[C@H](NS(=O)(=O)CC1CCCO1)C(=O)OC(C)(C)C. The summed E-state index contributed by atoms with van der Waals surface area (Å²) in [6.07, 6.45) is 1.33. The van der Waals surface area contributed by atoms with Crippen LogP contribution in [0.25, 0.3) is 0 Å². The van der Waals surface area contributed by atoms with Gasteiger partial charge < -0.3 is 9.47 Å². The first-order chi connectivity index (χ1) is 9.50. The first-order valence-electron chi connectivity index (χ1n) is 7.34. The van der Waals surface area contributed by atoms with Gasteiger partial charge in [0.2, 0.25) is 10.0 Å². The molecule has 0 aromatic rings. The molecule has 1 aliphatic heterocycles. The van der Waals surface area contributed by atoms with Crippen molar-refractivity contribution in [3.63, 3.8) is 0 Å². The first-order valence-corrected chi connectivity index (χ1v) is 9.00. The molecule has 0 amide bonds. The standard InChI is InChI=1S/C14H27NO5S/c1-10(2)12(13(16)20-14(3,4)5)15-21(17,18)9-11-7-6-8-19-11/h10-12,15H,6-9H2,1-5H3/t11?,12-/m0/s1. The molecule has 0 radical (unpaired) electrons. The third-order valence-corrected chi connectivity index (χ3v) is 4.49. The average molecular weight is 321 g/mol. The normalized spacial score (nSPS) is 21.5. The molecule has 0 saturated carbocycles. The molecule has 0 aromatic heterocycles. The van der Waals surface area contributed by atoms with Crippen LogP contribution in [0.1, 0.15) is 47.5 Å². The second-order valence-corrected chi connectivity index (χ2v) is 8.59. The molecule has 124 valence electrons. The molecule has 1 heterocycles. The van der Waals surface area contributed by atoms with Gasteiger partial charge >= 0.3 is 5.97 Å². The van der Waals surface area contributed by atoms with Gasteiger partial charge in [0.05, 0.1) is 11.9 Å². The van der Waals surface area contributed by atoms with Crippen molar-refractivity contribution in [3.8, 4) is 0 Å². The summed E-state index contributed by atoms with van der Waals surface area (Å²) in [6.45, 7) is 9.42. The van der Waals surface area contributed by atoms with Crippen molar-refractivity contribution in [2.75, 3.05) is 12.4 Å². The lowest BCUT2D eigenvalue weighted by molar-refractivity contribution is -0.158. The fourth-order valence-electron chi connectivity index (χ4n) is 2.08. The summed E-state index contributed by atoms with van der Waals surface area (Å²) in [7, 11) is -3.59. The van der Waals surface area contributed by atoms with E-state index in [-0.39, 0.29) is 17.8 Å². The van der Waals surface area contributed by atoms with E-state index in [0.29, 0.717) is 6.61 Å². The van der Waals surface area contributed by atoms with Crippen molar-refractivity contribution in [2.45, 2.75) is 65.2 Å². The van der Waals surface area contributed by atoms with E-state index in [0.717, 1.165) is 12.8 Å². The van der Waals surface area contributed by atoms with Crippen LogP contribution in [-0.2, 0) is 24.3 Å². The zero-order chi connectivity index (χ0) is 16.3. The maximum Gasteiger partial charge on any atom is 0.324 e. The Morgan fingerprint density at radius 1 is 1.38 bits per heavy atom. The first kappa shape index (κ1) is 18.4. The molecular weight excluding hydrogens is 294 g/mol. The number of carbonyl (C=O) groups is 1. The van der Waals surface area contributed by atoms with E-state index in [9.17, 15) is 13.2 Å². The topological polar surface area (TPSA) is 81.7 Å². The Morgan fingerprint density at radius 2 is 2.00 bits per heavy atom. The van der Waals surface area contributed by atoms with Gasteiger partial charge in [0.1, 0.15) is 11.6 Å². The second-order valence-electron chi connectivity index (χ2n) is 6.79. The minimum absolute atomic E-state index is 0.112. The smallest absolute Gasteiger partial charge is 0.324 e. The highest BCUT2D eigenvalue weighted by atomic mass is 32.2. The Kier molecular flexibility index (Phi) is 6.19. The highest BCUT2D eigenvalue weighted by Gasteiger charge is 2.33. The molecule has 0 bridgehead atoms. The van der Waals surface area contributed by atoms with Gasteiger partial charge in [-0.2, -0.15) is 0 Å². The van der Waals surface area contributed by atoms with Crippen LogP contribution in [0.5, 0.6) is 0 Å². The fraction of sp³-hybridized carbons (Fsp3) is 0.929. The van der Waals surface area contributed by atoms with Crippen LogP contribution < -0.4 is 4.72 Å². The van der Waals surface area contributed by atoms with Crippen molar-refractivity contribution in [3.05, 3.63) is 0 Å².